The van der Waals surface area contributed by atoms with Gasteiger partial charge in [-0.15, -0.1) is 20.4 Å². The lowest BCUT2D eigenvalue weighted by Gasteiger charge is -2.37. The van der Waals surface area contributed by atoms with Crippen LogP contribution in [0.3, 0.4) is 0 Å². The molecule has 0 spiro atoms. The summed E-state index contributed by atoms with van der Waals surface area (Å²) in [7, 11) is 0. The van der Waals surface area contributed by atoms with E-state index in [4.69, 9.17) is 20.5 Å². The van der Waals surface area contributed by atoms with Crippen molar-refractivity contribution in [2.45, 2.75) is 38.5 Å². The monoisotopic (exact) mass is 716 g/mol. The number of rotatable bonds is 4. The maximum Gasteiger partial charge on any atom is 0.163 e. The zero-order valence-corrected chi connectivity index (χ0v) is 29.7. The summed E-state index contributed by atoms with van der Waals surface area (Å²) in [5.74, 6) is 5.24. The number of hydrogen-bond acceptors (Lipinski definition) is 12. The number of piperidine rings is 2. The van der Waals surface area contributed by atoms with Crippen LogP contribution in [0.5, 0.6) is 0 Å². The fourth-order valence-electron chi connectivity index (χ4n) is 7.86. The van der Waals surface area contributed by atoms with Crippen molar-refractivity contribution < 1.29 is 0 Å². The summed E-state index contributed by atoms with van der Waals surface area (Å²) in [6.07, 6.45) is 13.4. The van der Waals surface area contributed by atoms with E-state index in [1.54, 1.807) is 12.1 Å². The van der Waals surface area contributed by atoms with Crippen molar-refractivity contribution in [1.82, 2.24) is 59.1 Å². The molecule has 8 aromatic heterocycles. The first-order valence-corrected chi connectivity index (χ1v) is 18.1. The zero-order chi connectivity index (χ0) is 36.8. The second kappa shape index (κ2) is 13.6. The average molecular weight is 717 g/mol. The first kappa shape index (κ1) is 32.9. The molecule has 2 saturated heterocycles. The Labute approximate surface area is 309 Å². The molecule has 2 aliphatic rings. The molecule has 54 heavy (non-hydrogen) atoms. The van der Waals surface area contributed by atoms with Gasteiger partial charge in [-0.1, -0.05) is 13.8 Å². The molecule has 8 aromatic rings. The van der Waals surface area contributed by atoms with Gasteiger partial charge in [0.15, 0.2) is 34.3 Å². The minimum absolute atomic E-state index is 0.263. The molecule has 10 rings (SSSR count). The lowest BCUT2D eigenvalue weighted by Crippen LogP contribution is -2.39. The van der Waals surface area contributed by atoms with Crippen molar-refractivity contribution in [3.63, 3.8) is 0 Å². The van der Waals surface area contributed by atoms with Crippen LogP contribution in [0.1, 0.15) is 61.6 Å². The van der Waals surface area contributed by atoms with Crippen LogP contribution in [-0.4, -0.2) is 85.3 Å². The lowest BCUT2D eigenvalue weighted by molar-refractivity contribution is 0.365. The minimum Gasteiger partial charge on any atom is -0.354 e. The van der Waals surface area contributed by atoms with Crippen molar-refractivity contribution >= 4 is 45.0 Å². The Kier molecular flexibility index (Phi) is 8.27. The number of nitrogens with zero attached hydrogens (tertiary/aromatic N) is 14. The van der Waals surface area contributed by atoms with Gasteiger partial charge in [-0.3, -0.25) is 8.80 Å². The second-order valence-corrected chi connectivity index (χ2v) is 14.1. The van der Waals surface area contributed by atoms with Gasteiger partial charge in [-0.2, -0.15) is 10.5 Å². The quantitative estimate of drug-likeness (QED) is 0.247. The predicted molar refractivity (Wildman–Crippen MR) is 201 cm³/mol. The molecule has 0 amide bonds. The maximum absolute atomic E-state index is 8.93. The molecule has 268 valence electrons. The fraction of sp³-hybridized carbons (Fsp3) is 0.316. The normalized spacial score (nSPS) is 20.2. The highest BCUT2D eigenvalue weighted by atomic mass is 15.3. The van der Waals surface area contributed by atoms with Crippen molar-refractivity contribution in [1.29, 1.82) is 10.5 Å². The van der Waals surface area contributed by atoms with E-state index in [0.29, 0.717) is 23.2 Å². The Morgan fingerprint density at radius 2 is 1.04 bits per heavy atom. The van der Waals surface area contributed by atoms with Crippen LogP contribution in [0.25, 0.3) is 33.4 Å². The standard InChI is InChI=1S/2C19H18N8/c2*1-12-5-7-26(17-3-2-13(8-20)24-25-17)11-15(12)19-23-10-14-9-22-18-16(27(14)19)4-6-21-18/h2*2-4,6,9-10,12,15,21H,5,7,11H2,1H3/t2*12-,15+/m10/s1. The van der Waals surface area contributed by atoms with E-state index >= 15 is 0 Å². The van der Waals surface area contributed by atoms with E-state index in [1.807, 2.05) is 73.6 Å². The first-order chi connectivity index (χ1) is 26.5. The summed E-state index contributed by atoms with van der Waals surface area (Å²) in [6.45, 7) is 8.03. The van der Waals surface area contributed by atoms with E-state index in [1.165, 1.54) is 0 Å². The Bertz CT molecular complexity index is 2490. The van der Waals surface area contributed by atoms with Crippen LogP contribution >= 0.6 is 0 Å². The number of hydrogen-bond donors (Lipinski definition) is 2. The molecule has 2 aliphatic heterocycles. The molecule has 0 radical (unpaired) electrons. The highest BCUT2D eigenvalue weighted by molar-refractivity contribution is 5.76. The van der Waals surface area contributed by atoms with Gasteiger partial charge < -0.3 is 19.8 Å². The summed E-state index contributed by atoms with van der Waals surface area (Å²) in [6, 6.07) is 15.3. The van der Waals surface area contributed by atoms with Crippen LogP contribution in [0.2, 0.25) is 0 Å². The van der Waals surface area contributed by atoms with Crippen molar-refractivity contribution in [2.75, 3.05) is 36.0 Å². The third-order valence-electron chi connectivity index (χ3n) is 10.9. The number of fused-ring (bicyclic) bond motifs is 6. The van der Waals surface area contributed by atoms with E-state index in [9.17, 15) is 0 Å². The number of nitrogens with one attached hydrogen (secondary N) is 2. The molecule has 0 unspecified atom stereocenters. The Balaban J connectivity index is 0.000000142. The summed E-state index contributed by atoms with van der Waals surface area (Å²) >= 11 is 0. The highest BCUT2D eigenvalue weighted by Gasteiger charge is 2.33. The molecule has 2 fully saturated rings. The average Bonchev–Trinajstić information content (AvgIpc) is 4.04. The van der Waals surface area contributed by atoms with Crippen LogP contribution in [0.15, 0.2) is 73.6 Å². The van der Waals surface area contributed by atoms with Crippen molar-refractivity contribution in [3.05, 3.63) is 96.6 Å². The molecule has 16 nitrogen and oxygen atoms in total. The van der Waals surface area contributed by atoms with Crippen molar-refractivity contribution in [2.24, 2.45) is 11.8 Å². The summed E-state index contributed by atoms with van der Waals surface area (Å²) in [5, 5.41) is 34.3. The minimum atomic E-state index is 0.263. The maximum atomic E-state index is 8.93. The van der Waals surface area contributed by atoms with E-state index in [-0.39, 0.29) is 11.8 Å². The second-order valence-electron chi connectivity index (χ2n) is 14.1. The van der Waals surface area contributed by atoms with Crippen LogP contribution in [0.4, 0.5) is 11.6 Å². The van der Waals surface area contributed by atoms with Crippen LogP contribution in [-0.2, 0) is 0 Å². The van der Waals surface area contributed by atoms with Crippen LogP contribution in [0, 0.1) is 34.5 Å². The molecular weight excluding hydrogens is 681 g/mol. The van der Waals surface area contributed by atoms with Gasteiger partial charge in [0.1, 0.15) is 23.8 Å². The molecule has 16 heteroatoms. The molecule has 0 aromatic carbocycles. The van der Waals surface area contributed by atoms with Gasteiger partial charge in [-0.05, 0) is 61.1 Å². The third-order valence-corrected chi connectivity index (χ3v) is 10.9. The Morgan fingerprint density at radius 3 is 1.44 bits per heavy atom. The van der Waals surface area contributed by atoms with Crippen molar-refractivity contribution in [3.8, 4) is 12.1 Å². The number of nitriles is 2. The van der Waals surface area contributed by atoms with E-state index in [2.05, 4.69) is 72.8 Å². The molecule has 0 bridgehead atoms. The zero-order valence-electron chi connectivity index (χ0n) is 29.7. The number of imidazole rings is 2. The Morgan fingerprint density at radius 1 is 0.593 bits per heavy atom. The molecule has 10 heterocycles. The van der Waals surface area contributed by atoms with Gasteiger partial charge >= 0.3 is 0 Å². The molecule has 2 N–H and O–H groups in total. The van der Waals surface area contributed by atoms with Gasteiger partial charge in [0.25, 0.3) is 0 Å². The molecular formula is C38H36N16. The highest BCUT2D eigenvalue weighted by Crippen LogP contribution is 2.36. The van der Waals surface area contributed by atoms with Crippen LogP contribution < -0.4 is 9.80 Å². The summed E-state index contributed by atoms with van der Waals surface area (Å²) in [4.78, 5) is 29.2. The largest absolute Gasteiger partial charge is 0.354 e. The number of anilines is 2. The topological polar surface area (TPSA) is 198 Å². The van der Waals surface area contributed by atoms with Gasteiger partial charge in [-0.25, -0.2) is 19.9 Å². The van der Waals surface area contributed by atoms with Gasteiger partial charge in [0.2, 0.25) is 0 Å². The molecule has 4 atom stereocenters. The third kappa shape index (κ3) is 5.78. The number of aromatic nitrogens is 12. The fourth-order valence-corrected chi connectivity index (χ4v) is 7.86. The van der Waals surface area contributed by atoms with E-state index in [0.717, 1.165) is 95.7 Å². The lowest BCUT2D eigenvalue weighted by atomic mass is 9.86. The molecule has 0 saturated carbocycles. The summed E-state index contributed by atoms with van der Waals surface area (Å²) in [5.41, 5.74) is 6.48. The van der Waals surface area contributed by atoms with Gasteiger partial charge in [0.05, 0.1) is 46.9 Å². The smallest absolute Gasteiger partial charge is 0.163 e. The van der Waals surface area contributed by atoms with Gasteiger partial charge in [0, 0.05) is 50.4 Å². The molecule has 0 aliphatic carbocycles. The van der Waals surface area contributed by atoms with E-state index < -0.39 is 0 Å². The SMILES string of the molecule is C[C@@H]1CCN(c2ccc(C#N)nn2)C[C@@H]1c1ncc2cnc3[nH]ccc3n12.C[C@H]1CCN(c2ccc(C#N)nn2)C[C@H]1c1ncc2cnc3[nH]ccc3n12. The predicted octanol–water partition coefficient (Wildman–Crippen LogP) is 5.00. The number of aromatic amines is 2. The Hall–Kier alpha value is -6.94. The summed E-state index contributed by atoms with van der Waals surface area (Å²) < 4.78 is 4.40. The number of H-pyrrole nitrogens is 2. The first-order valence-electron chi connectivity index (χ1n) is 18.1.